The fourth-order valence-corrected chi connectivity index (χ4v) is 1.33. The van der Waals surface area contributed by atoms with Crippen LogP contribution in [0.4, 0.5) is 4.39 Å². The molecule has 0 N–H and O–H groups in total. The average molecular weight is 231 g/mol. The van der Waals surface area contributed by atoms with Crippen LogP contribution in [0.3, 0.4) is 0 Å². The van der Waals surface area contributed by atoms with E-state index >= 15 is 0 Å². The zero-order valence-electron chi connectivity index (χ0n) is 9.18. The number of hydrogen-bond donors (Lipinski definition) is 0. The molecule has 1 aromatic carbocycles. The van der Waals surface area contributed by atoms with Crippen LogP contribution >= 0.6 is 0 Å². The number of carbonyl (C=O) groups is 1. The van der Waals surface area contributed by atoms with E-state index in [-0.39, 0.29) is 5.69 Å². The fourth-order valence-electron chi connectivity index (χ4n) is 1.33. The molecule has 0 amide bonds. The average Bonchev–Trinajstić information content (AvgIpc) is 2.30. The quantitative estimate of drug-likeness (QED) is 0.589. The summed E-state index contributed by atoms with van der Waals surface area (Å²) in [5.41, 5.74) is 0.346. The molecule has 17 heavy (non-hydrogen) atoms. The Hall–Kier alpha value is -2.23. The van der Waals surface area contributed by atoms with Gasteiger partial charge in [-0.05, 0) is 30.7 Å². The molecule has 2 rings (SSSR count). The molecule has 0 unspecified atom stereocenters. The summed E-state index contributed by atoms with van der Waals surface area (Å²) in [6.07, 6.45) is 1.42. The Labute approximate surface area is 97.9 Å². The molecule has 86 valence electrons. The van der Waals surface area contributed by atoms with Gasteiger partial charge in [0.25, 0.3) is 0 Å². The SMILES string of the molecule is Cc1cnc(C(=O)Oc2ccccc2)c(F)c1. The van der Waals surface area contributed by atoms with E-state index in [0.29, 0.717) is 11.3 Å². The molecular weight excluding hydrogens is 221 g/mol. The van der Waals surface area contributed by atoms with Gasteiger partial charge in [0.15, 0.2) is 11.5 Å². The minimum atomic E-state index is -0.797. The first-order valence-electron chi connectivity index (χ1n) is 5.06. The summed E-state index contributed by atoms with van der Waals surface area (Å²) in [7, 11) is 0. The van der Waals surface area contributed by atoms with Crippen LogP contribution in [-0.4, -0.2) is 11.0 Å². The van der Waals surface area contributed by atoms with Gasteiger partial charge < -0.3 is 4.74 Å². The molecule has 0 bridgehead atoms. The Balaban J connectivity index is 2.21. The Morgan fingerprint density at radius 2 is 2.00 bits per heavy atom. The van der Waals surface area contributed by atoms with Crippen molar-refractivity contribution < 1.29 is 13.9 Å². The molecule has 0 fully saturated rings. The molecule has 0 aliphatic rings. The van der Waals surface area contributed by atoms with Gasteiger partial charge in [0, 0.05) is 6.20 Å². The molecule has 0 aliphatic heterocycles. The summed E-state index contributed by atoms with van der Waals surface area (Å²) < 4.78 is 18.4. The minimum Gasteiger partial charge on any atom is -0.422 e. The number of ether oxygens (including phenoxy) is 1. The molecule has 0 radical (unpaired) electrons. The van der Waals surface area contributed by atoms with Gasteiger partial charge in [-0.15, -0.1) is 0 Å². The smallest absolute Gasteiger partial charge is 0.365 e. The number of rotatable bonds is 2. The molecular formula is C13H10FNO2. The molecule has 0 saturated heterocycles. The van der Waals surface area contributed by atoms with Crippen molar-refractivity contribution in [2.75, 3.05) is 0 Å². The molecule has 0 atom stereocenters. The lowest BCUT2D eigenvalue weighted by Gasteiger charge is -2.04. The maximum atomic E-state index is 13.4. The highest BCUT2D eigenvalue weighted by atomic mass is 19.1. The predicted octanol–water partition coefficient (Wildman–Crippen LogP) is 2.75. The van der Waals surface area contributed by atoms with Gasteiger partial charge in [-0.2, -0.15) is 0 Å². The van der Waals surface area contributed by atoms with Crippen LogP contribution in [0.25, 0.3) is 0 Å². The lowest BCUT2D eigenvalue weighted by Crippen LogP contribution is -2.13. The topological polar surface area (TPSA) is 39.2 Å². The Morgan fingerprint density at radius 3 is 2.65 bits per heavy atom. The number of aryl methyl sites for hydroxylation is 1. The maximum Gasteiger partial charge on any atom is 0.365 e. The highest BCUT2D eigenvalue weighted by molar-refractivity contribution is 5.89. The first-order chi connectivity index (χ1) is 8.16. The van der Waals surface area contributed by atoms with Gasteiger partial charge >= 0.3 is 5.97 Å². The van der Waals surface area contributed by atoms with Crippen molar-refractivity contribution in [3.05, 3.63) is 59.7 Å². The lowest BCUT2D eigenvalue weighted by atomic mass is 10.2. The van der Waals surface area contributed by atoms with Crippen molar-refractivity contribution in [2.45, 2.75) is 6.92 Å². The monoisotopic (exact) mass is 231 g/mol. The second-order valence-corrected chi connectivity index (χ2v) is 3.55. The Morgan fingerprint density at radius 1 is 1.29 bits per heavy atom. The van der Waals surface area contributed by atoms with Crippen molar-refractivity contribution in [3.8, 4) is 5.75 Å². The predicted molar refractivity (Wildman–Crippen MR) is 60.3 cm³/mol. The molecule has 0 aliphatic carbocycles. The standard InChI is InChI=1S/C13H10FNO2/c1-9-7-11(14)12(15-8-9)13(16)17-10-5-3-2-4-6-10/h2-8H,1H3. The summed E-state index contributed by atoms with van der Waals surface area (Å²) in [4.78, 5) is 15.3. The van der Waals surface area contributed by atoms with Crippen molar-refractivity contribution in [1.29, 1.82) is 0 Å². The lowest BCUT2D eigenvalue weighted by molar-refractivity contribution is 0.0723. The summed E-state index contributed by atoms with van der Waals surface area (Å²) >= 11 is 0. The molecule has 0 saturated carbocycles. The van der Waals surface area contributed by atoms with Crippen molar-refractivity contribution >= 4 is 5.97 Å². The van der Waals surface area contributed by atoms with E-state index in [9.17, 15) is 9.18 Å². The molecule has 4 heteroatoms. The van der Waals surface area contributed by atoms with E-state index in [4.69, 9.17) is 4.74 Å². The minimum absolute atomic E-state index is 0.306. The van der Waals surface area contributed by atoms with Crippen molar-refractivity contribution in [1.82, 2.24) is 4.98 Å². The first-order valence-corrected chi connectivity index (χ1v) is 5.06. The third-order valence-corrected chi connectivity index (χ3v) is 2.13. The molecule has 1 heterocycles. The Kier molecular flexibility index (Phi) is 3.14. The number of esters is 1. The second kappa shape index (κ2) is 4.74. The molecule has 0 spiro atoms. The summed E-state index contributed by atoms with van der Waals surface area (Å²) in [6.45, 7) is 1.70. The summed E-state index contributed by atoms with van der Waals surface area (Å²) in [5.74, 6) is -1.11. The van der Waals surface area contributed by atoms with Crippen LogP contribution in [-0.2, 0) is 0 Å². The molecule has 2 aromatic rings. The maximum absolute atomic E-state index is 13.4. The van der Waals surface area contributed by atoms with Gasteiger partial charge in [-0.1, -0.05) is 18.2 Å². The number of aromatic nitrogens is 1. The summed E-state index contributed by atoms with van der Waals surface area (Å²) in [5, 5.41) is 0. The first kappa shape index (κ1) is 11.3. The number of hydrogen-bond acceptors (Lipinski definition) is 3. The van der Waals surface area contributed by atoms with E-state index in [1.54, 1.807) is 37.3 Å². The van der Waals surface area contributed by atoms with Crippen LogP contribution in [0.5, 0.6) is 5.75 Å². The number of carbonyl (C=O) groups excluding carboxylic acids is 1. The largest absolute Gasteiger partial charge is 0.422 e. The van der Waals surface area contributed by atoms with E-state index in [1.165, 1.54) is 12.3 Å². The van der Waals surface area contributed by atoms with Gasteiger partial charge in [-0.3, -0.25) is 0 Å². The number of halogens is 1. The fraction of sp³-hybridized carbons (Fsp3) is 0.0769. The third-order valence-electron chi connectivity index (χ3n) is 2.13. The van der Waals surface area contributed by atoms with E-state index in [1.807, 2.05) is 0 Å². The third kappa shape index (κ3) is 2.66. The van der Waals surface area contributed by atoms with Crippen LogP contribution in [0.2, 0.25) is 0 Å². The zero-order valence-corrected chi connectivity index (χ0v) is 9.18. The van der Waals surface area contributed by atoms with Gasteiger partial charge in [0.1, 0.15) is 5.75 Å². The van der Waals surface area contributed by atoms with Gasteiger partial charge in [0.05, 0.1) is 0 Å². The van der Waals surface area contributed by atoms with E-state index in [2.05, 4.69) is 4.98 Å². The van der Waals surface area contributed by atoms with Crippen LogP contribution < -0.4 is 4.74 Å². The number of nitrogens with zero attached hydrogens (tertiary/aromatic N) is 1. The normalized spacial score (nSPS) is 10.0. The summed E-state index contributed by atoms with van der Waals surface area (Å²) in [6, 6.07) is 9.72. The van der Waals surface area contributed by atoms with Crippen LogP contribution in [0.1, 0.15) is 16.1 Å². The highest BCUT2D eigenvalue weighted by Crippen LogP contribution is 2.13. The molecule has 3 nitrogen and oxygen atoms in total. The number of pyridine rings is 1. The van der Waals surface area contributed by atoms with Gasteiger partial charge in [0.2, 0.25) is 0 Å². The number of benzene rings is 1. The molecule has 1 aromatic heterocycles. The van der Waals surface area contributed by atoms with Gasteiger partial charge in [-0.25, -0.2) is 14.2 Å². The van der Waals surface area contributed by atoms with Crippen LogP contribution in [0, 0.1) is 12.7 Å². The van der Waals surface area contributed by atoms with E-state index in [0.717, 1.165) is 0 Å². The Bertz CT molecular complexity index is 540. The highest BCUT2D eigenvalue weighted by Gasteiger charge is 2.15. The van der Waals surface area contributed by atoms with Crippen molar-refractivity contribution in [3.63, 3.8) is 0 Å². The zero-order chi connectivity index (χ0) is 12.3. The second-order valence-electron chi connectivity index (χ2n) is 3.55. The number of para-hydroxylation sites is 1. The van der Waals surface area contributed by atoms with Crippen molar-refractivity contribution in [2.24, 2.45) is 0 Å². The van der Waals surface area contributed by atoms with E-state index < -0.39 is 11.8 Å². The van der Waals surface area contributed by atoms with Crippen LogP contribution in [0.15, 0.2) is 42.6 Å².